The maximum atomic E-state index is 13.5. The van der Waals surface area contributed by atoms with Gasteiger partial charge in [0.05, 0.1) is 25.5 Å². The summed E-state index contributed by atoms with van der Waals surface area (Å²) in [6.45, 7) is 5.40. The molecule has 0 radical (unpaired) electrons. The lowest BCUT2D eigenvalue weighted by Crippen LogP contribution is -2.33. The molecule has 32 heavy (non-hydrogen) atoms. The highest BCUT2D eigenvalue weighted by Gasteiger charge is 2.31. The molecule has 2 heterocycles. The number of benzene rings is 2. The summed E-state index contributed by atoms with van der Waals surface area (Å²) < 4.78 is 30.4. The van der Waals surface area contributed by atoms with Gasteiger partial charge in [-0.1, -0.05) is 12.1 Å². The minimum absolute atomic E-state index is 0.0594. The van der Waals surface area contributed by atoms with Crippen LogP contribution in [0.25, 0.3) is 11.0 Å². The lowest BCUT2D eigenvalue weighted by Gasteiger charge is -2.35. The number of hydrogen-bond acceptors (Lipinski definition) is 7. The average Bonchev–Trinajstić information content (AvgIpc) is 3.20. The van der Waals surface area contributed by atoms with Crippen molar-refractivity contribution in [2.24, 2.45) is 0 Å². The third-order valence-corrected chi connectivity index (χ3v) is 6.00. The molecule has 0 saturated carbocycles. The number of aromatic hydroxyl groups is 1. The number of hydrogen-bond donors (Lipinski definition) is 2. The van der Waals surface area contributed by atoms with Crippen molar-refractivity contribution in [3.63, 3.8) is 0 Å². The fourth-order valence-electron chi connectivity index (χ4n) is 4.35. The number of rotatable bonds is 7. The molecule has 7 nitrogen and oxygen atoms in total. The summed E-state index contributed by atoms with van der Waals surface area (Å²) in [5, 5.41) is 26.0. The van der Waals surface area contributed by atoms with E-state index in [0.29, 0.717) is 48.0 Å². The van der Waals surface area contributed by atoms with Gasteiger partial charge in [-0.2, -0.15) is 0 Å². The van der Waals surface area contributed by atoms with Crippen LogP contribution in [0, 0.1) is 5.82 Å². The van der Waals surface area contributed by atoms with Gasteiger partial charge in [0.1, 0.15) is 17.3 Å². The maximum Gasteiger partial charge on any atom is 0.188 e. The summed E-state index contributed by atoms with van der Waals surface area (Å²) in [5.41, 5.74) is 2.36. The van der Waals surface area contributed by atoms with E-state index in [1.165, 1.54) is 12.1 Å². The molecule has 1 aromatic heterocycles. The van der Waals surface area contributed by atoms with Crippen molar-refractivity contribution in [2.45, 2.75) is 45.1 Å². The molecule has 0 aliphatic carbocycles. The highest BCUT2D eigenvalue weighted by Crippen LogP contribution is 2.49. The van der Waals surface area contributed by atoms with Crippen LogP contribution in [0.1, 0.15) is 56.4 Å². The summed E-state index contributed by atoms with van der Waals surface area (Å²) in [6, 6.07) is 6.16. The van der Waals surface area contributed by atoms with E-state index in [4.69, 9.17) is 14.0 Å². The van der Waals surface area contributed by atoms with Crippen molar-refractivity contribution in [3.8, 4) is 17.2 Å². The number of methoxy groups -OCH3 is 1. The standard InChI is InChI=1S/C24H29FN2O5/c1-4-11-31-24-22(20(30-3)13-18(14(2)28)23(24)29)27-9-7-15(8-10-27)21-17-6-5-16(25)12-19(17)32-26-21/h5-6,12-15,28-29H,4,7-11H2,1-3H3. The SMILES string of the molecule is CCCOc1c(O)c(C(C)O)cc(OC)c1N1CCC(c2noc3cc(F)ccc23)CC1. The molecule has 0 amide bonds. The summed E-state index contributed by atoms with van der Waals surface area (Å²) in [5.74, 6) is 0.654. The van der Waals surface area contributed by atoms with Gasteiger partial charge in [-0.3, -0.25) is 0 Å². The Morgan fingerprint density at radius 2 is 2.03 bits per heavy atom. The number of anilines is 1. The number of phenols is 1. The quantitative estimate of drug-likeness (QED) is 0.535. The fourth-order valence-corrected chi connectivity index (χ4v) is 4.35. The summed E-state index contributed by atoms with van der Waals surface area (Å²) >= 11 is 0. The molecule has 3 aromatic rings. The number of fused-ring (bicyclic) bond motifs is 1. The first-order chi connectivity index (χ1) is 15.4. The van der Waals surface area contributed by atoms with E-state index < -0.39 is 6.10 Å². The van der Waals surface area contributed by atoms with Crippen LogP contribution in [0.3, 0.4) is 0 Å². The van der Waals surface area contributed by atoms with Crippen molar-refractivity contribution >= 4 is 16.7 Å². The molecule has 1 fully saturated rings. The van der Waals surface area contributed by atoms with E-state index in [2.05, 4.69) is 10.1 Å². The molecule has 1 unspecified atom stereocenters. The van der Waals surface area contributed by atoms with E-state index in [1.807, 2.05) is 6.92 Å². The number of nitrogens with zero attached hydrogens (tertiary/aromatic N) is 2. The molecule has 2 aromatic carbocycles. The number of aromatic nitrogens is 1. The van der Waals surface area contributed by atoms with Gasteiger partial charge in [-0.25, -0.2) is 4.39 Å². The highest BCUT2D eigenvalue weighted by molar-refractivity contribution is 5.80. The van der Waals surface area contributed by atoms with Gasteiger partial charge in [-0.15, -0.1) is 0 Å². The second-order valence-electron chi connectivity index (χ2n) is 8.19. The van der Waals surface area contributed by atoms with Gasteiger partial charge in [0.15, 0.2) is 17.1 Å². The van der Waals surface area contributed by atoms with Crippen molar-refractivity contribution in [1.29, 1.82) is 0 Å². The predicted molar refractivity (Wildman–Crippen MR) is 119 cm³/mol. The first-order valence-electron chi connectivity index (χ1n) is 11.0. The molecular weight excluding hydrogens is 415 g/mol. The molecule has 1 saturated heterocycles. The first-order valence-corrected chi connectivity index (χ1v) is 11.0. The second-order valence-corrected chi connectivity index (χ2v) is 8.19. The summed E-state index contributed by atoms with van der Waals surface area (Å²) in [6.07, 6.45) is 1.52. The smallest absolute Gasteiger partial charge is 0.188 e. The van der Waals surface area contributed by atoms with E-state index in [1.54, 1.807) is 26.2 Å². The lowest BCUT2D eigenvalue weighted by molar-refractivity contribution is 0.192. The van der Waals surface area contributed by atoms with Crippen molar-refractivity contribution < 1.29 is 28.6 Å². The fraction of sp³-hybridized carbons (Fsp3) is 0.458. The van der Waals surface area contributed by atoms with Crippen LogP contribution in [0.4, 0.5) is 10.1 Å². The second kappa shape index (κ2) is 9.24. The van der Waals surface area contributed by atoms with E-state index in [9.17, 15) is 14.6 Å². The molecular formula is C24H29FN2O5. The molecule has 4 rings (SSSR count). The minimum atomic E-state index is -0.863. The number of phenolic OH excluding ortho intramolecular Hbond substituents is 1. The number of aliphatic hydroxyl groups is 1. The van der Waals surface area contributed by atoms with Gasteiger partial charge in [0.2, 0.25) is 0 Å². The zero-order valence-corrected chi connectivity index (χ0v) is 18.6. The Morgan fingerprint density at radius 3 is 2.69 bits per heavy atom. The Labute approximate surface area is 186 Å². The molecule has 8 heteroatoms. The maximum absolute atomic E-state index is 13.5. The van der Waals surface area contributed by atoms with Crippen LogP contribution in [0.5, 0.6) is 17.2 Å². The zero-order valence-electron chi connectivity index (χ0n) is 18.6. The van der Waals surface area contributed by atoms with Gasteiger partial charge in [-0.05, 0) is 44.4 Å². The van der Waals surface area contributed by atoms with E-state index in [-0.39, 0.29) is 17.5 Å². The highest BCUT2D eigenvalue weighted by atomic mass is 19.1. The Hall–Kier alpha value is -3.00. The van der Waals surface area contributed by atoms with Gasteiger partial charge in [0.25, 0.3) is 0 Å². The van der Waals surface area contributed by atoms with Crippen LogP contribution < -0.4 is 14.4 Å². The Bertz CT molecular complexity index is 1090. The Kier molecular flexibility index (Phi) is 6.41. The first kappa shape index (κ1) is 22.2. The summed E-state index contributed by atoms with van der Waals surface area (Å²) in [7, 11) is 1.57. The monoisotopic (exact) mass is 444 g/mol. The molecule has 1 aliphatic rings. The van der Waals surface area contributed by atoms with Crippen LogP contribution in [-0.2, 0) is 0 Å². The zero-order chi connectivity index (χ0) is 22.8. The van der Waals surface area contributed by atoms with Crippen molar-refractivity contribution in [1.82, 2.24) is 5.16 Å². The third kappa shape index (κ3) is 4.07. The Balaban J connectivity index is 1.62. The van der Waals surface area contributed by atoms with Crippen molar-refractivity contribution in [2.75, 3.05) is 31.7 Å². The number of halogens is 1. The number of ether oxygens (including phenoxy) is 2. The Morgan fingerprint density at radius 1 is 1.28 bits per heavy atom. The van der Waals surface area contributed by atoms with Crippen LogP contribution in [-0.4, -0.2) is 42.2 Å². The number of aliphatic hydroxyl groups excluding tert-OH is 1. The van der Waals surface area contributed by atoms with Gasteiger partial charge in [0, 0.05) is 36.0 Å². The lowest BCUT2D eigenvalue weighted by atomic mass is 9.91. The predicted octanol–water partition coefficient (Wildman–Crippen LogP) is 4.91. The van der Waals surface area contributed by atoms with Crippen LogP contribution in [0.15, 0.2) is 28.8 Å². The topological polar surface area (TPSA) is 88.2 Å². The minimum Gasteiger partial charge on any atom is -0.504 e. The molecule has 172 valence electrons. The largest absolute Gasteiger partial charge is 0.504 e. The van der Waals surface area contributed by atoms with E-state index in [0.717, 1.165) is 30.3 Å². The summed E-state index contributed by atoms with van der Waals surface area (Å²) in [4.78, 5) is 2.13. The van der Waals surface area contributed by atoms with Crippen molar-refractivity contribution in [3.05, 3.63) is 41.3 Å². The average molecular weight is 445 g/mol. The van der Waals surface area contributed by atoms with Gasteiger partial charge >= 0.3 is 0 Å². The van der Waals surface area contributed by atoms with Gasteiger partial charge < -0.3 is 29.1 Å². The van der Waals surface area contributed by atoms with Crippen LogP contribution in [0.2, 0.25) is 0 Å². The normalized spacial score (nSPS) is 15.8. The molecule has 0 spiro atoms. The molecule has 1 aliphatic heterocycles. The number of piperidine rings is 1. The van der Waals surface area contributed by atoms with Crippen LogP contribution >= 0.6 is 0 Å². The third-order valence-electron chi connectivity index (χ3n) is 6.00. The molecule has 1 atom stereocenters. The van der Waals surface area contributed by atoms with E-state index >= 15 is 0 Å². The molecule has 2 N–H and O–H groups in total. The molecule has 0 bridgehead atoms.